The van der Waals surface area contributed by atoms with Crippen molar-refractivity contribution in [1.29, 1.82) is 0 Å². The molecule has 2 rings (SSSR count). The lowest BCUT2D eigenvalue weighted by Gasteiger charge is -2.28. The molecule has 0 radical (unpaired) electrons. The maximum absolute atomic E-state index is 12.9. The molecule has 1 aliphatic heterocycles. The Bertz CT molecular complexity index is 691. The molecule has 3 unspecified atom stereocenters. The normalized spacial score (nSPS) is 18.6. The summed E-state index contributed by atoms with van der Waals surface area (Å²) in [6.07, 6.45) is 4.03. The van der Waals surface area contributed by atoms with Crippen molar-refractivity contribution in [3.63, 3.8) is 0 Å². The van der Waals surface area contributed by atoms with Crippen LogP contribution in [0.4, 0.5) is 0 Å². The number of carbonyl (C=O) groups is 4. The highest BCUT2D eigenvalue weighted by atomic mass is 16.4. The van der Waals surface area contributed by atoms with Gasteiger partial charge >= 0.3 is 5.97 Å². The van der Waals surface area contributed by atoms with Gasteiger partial charge in [0.15, 0.2) is 0 Å². The Balaban J connectivity index is 2.13. The SMILES string of the molecule is CC(NC(=O)CN)C(=O)NC(Cc1cnc[nH]1)C(=O)N1CCCC1C(=O)O. The topological polar surface area (TPSA) is 171 Å². The van der Waals surface area contributed by atoms with Gasteiger partial charge < -0.3 is 31.4 Å². The number of H-pyrrole nitrogens is 1. The number of carboxylic acids is 1. The van der Waals surface area contributed by atoms with Gasteiger partial charge in [-0.1, -0.05) is 0 Å². The van der Waals surface area contributed by atoms with Crippen LogP contribution in [0.15, 0.2) is 12.5 Å². The zero-order valence-electron chi connectivity index (χ0n) is 15.0. The first kappa shape index (κ1) is 20.4. The van der Waals surface area contributed by atoms with Crippen molar-refractivity contribution in [3.05, 3.63) is 18.2 Å². The summed E-state index contributed by atoms with van der Waals surface area (Å²) in [6.45, 7) is 1.52. The molecule has 3 amide bonds. The predicted molar refractivity (Wildman–Crippen MR) is 93.3 cm³/mol. The van der Waals surface area contributed by atoms with Gasteiger partial charge in [0.25, 0.3) is 0 Å². The van der Waals surface area contributed by atoms with E-state index in [0.717, 1.165) is 0 Å². The van der Waals surface area contributed by atoms with Crippen LogP contribution in [-0.4, -0.2) is 74.9 Å². The number of imidazole rings is 1. The summed E-state index contributed by atoms with van der Waals surface area (Å²) < 4.78 is 0. The molecule has 1 saturated heterocycles. The second-order valence-electron chi connectivity index (χ2n) is 6.36. The van der Waals surface area contributed by atoms with Crippen molar-refractivity contribution >= 4 is 23.7 Å². The number of hydrogen-bond acceptors (Lipinski definition) is 6. The summed E-state index contributed by atoms with van der Waals surface area (Å²) in [5.41, 5.74) is 5.83. The number of nitrogens with one attached hydrogen (secondary N) is 3. The molecule has 27 heavy (non-hydrogen) atoms. The average Bonchev–Trinajstić information content (AvgIpc) is 3.31. The van der Waals surface area contributed by atoms with E-state index >= 15 is 0 Å². The number of nitrogens with zero attached hydrogens (tertiary/aromatic N) is 2. The van der Waals surface area contributed by atoms with E-state index in [-0.39, 0.29) is 13.0 Å². The molecular weight excluding hydrogens is 356 g/mol. The molecule has 0 spiro atoms. The molecule has 0 saturated carbocycles. The Hall–Kier alpha value is -2.95. The lowest BCUT2D eigenvalue weighted by molar-refractivity contribution is -0.149. The summed E-state index contributed by atoms with van der Waals surface area (Å²) in [6, 6.07) is -2.80. The standard InChI is InChI=1S/C16H24N6O5/c1-9(20-13(23)6-17)14(24)21-11(5-10-7-18-8-19-10)15(25)22-4-2-3-12(22)16(26)27/h7-9,11-12H,2-6,17H2,1H3,(H,18,19)(H,20,23)(H,21,24)(H,26,27). The summed E-state index contributed by atoms with van der Waals surface area (Å²) in [5.74, 6) is -2.63. The molecule has 11 heteroatoms. The second-order valence-corrected chi connectivity index (χ2v) is 6.36. The molecule has 6 N–H and O–H groups in total. The van der Waals surface area contributed by atoms with Crippen LogP contribution >= 0.6 is 0 Å². The van der Waals surface area contributed by atoms with E-state index in [1.165, 1.54) is 24.3 Å². The van der Waals surface area contributed by atoms with Crippen molar-refractivity contribution in [2.24, 2.45) is 5.73 Å². The number of rotatable bonds is 8. The molecule has 1 aromatic rings. The minimum absolute atomic E-state index is 0.116. The van der Waals surface area contributed by atoms with Crippen LogP contribution in [-0.2, 0) is 25.6 Å². The molecule has 1 aliphatic rings. The molecule has 3 atom stereocenters. The van der Waals surface area contributed by atoms with Crippen LogP contribution < -0.4 is 16.4 Å². The van der Waals surface area contributed by atoms with Crippen LogP contribution in [0.1, 0.15) is 25.5 Å². The highest BCUT2D eigenvalue weighted by Crippen LogP contribution is 2.19. The Morgan fingerprint density at radius 3 is 2.74 bits per heavy atom. The average molecular weight is 380 g/mol. The highest BCUT2D eigenvalue weighted by molar-refractivity contribution is 5.93. The number of aromatic nitrogens is 2. The summed E-state index contributed by atoms with van der Waals surface area (Å²) in [4.78, 5) is 56.1. The van der Waals surface area contributed by atoms with Crippen LogP contribution in [0.2, 0.25) is 0 Å². The lowest BCUT2D eigenvalue weighted by atomic mass is 10.1. The van der Waals surface area contributed by atoms with Gasteiger partial charge in [-0.05, 0) is 19.8 Å². The molecule has 0 aliphatic carbocycles. The van der Waals surface area contributed by atoms with Crippen molar-refractivity contribution < 1.29 is 24.3 Å². The molecule has 0 aromatic carbocycles. The van der Waals surface area contributed by atoms with E-state index in [1.807, 2.05) is 0 Å². The number of nitrogens with two attached hydrogens (primary N) is 1. The Kier molecular flexibility index (Phi) is 6.88. The van der Waals surface area contributed by atoms with E-state index in [9.17, 15) is 24.3 Å². The quantitative estimate of drug-likeness (QED) is 0.346. The third kappa shape index (κ3) is 5.26. The minimum Gasteiger partial charge on any atom is -0.480 e. The summed E-state index contributed by atoms with van der Waals surface area (Å²) in [7, 11) is 0. The van der Waals surface area contributed by atoms with Crippen molar-refractivity contribution in [2.45, 2.75) is 44.3 Å². The predicted octanol–water partition coefficient (Wildman–Crippen LogP) is -2.02. The van der Waals surface area contributed by atoms with Crippen LogP contribution in [0.25, 0.3) is 0 Å². The molecule has 0 bridgehead atoms. The number of aromatic amines is 1. The van der Waals surface area contributed by atoms with Gasteiger partial charge in [0.05, 0.1) is 12.9 Å². The third-order valence-corrected chi connectivity index (χ3v) is 4.37. The molecule has 1 aromatic heterocycles. The van der Waals surface area contributed by atoms with Crippen molar-refractivity contribution in [3.8, 4) is 0 Å². The number of carbonyl (C=O) groups excluding carboxylic acids is 3. The maximum Gasteiger partial charge on any atom is 0.326 e. The largest absolute Gasteiger partial charge is 0.480 e. The minimum atomic E-state index is -1.07. The Morgan fingerprint density at radius 1 is 1.41 bits per heavy atom. The van der Waals surface area contributed by atoms with E-state index in [4.69, 9.17) is 5.73 Å². The number of hydrogen-bond donors (Lipinski definition) is 5. The molecule has 2 heterocycles. The number of amides is 3. The number of aliphatic carboxylic acids is 1. The fourth-order valence-corrected chi connectivity index (χ4v) is 2.97. The van der Waals surface area contributed by atoms with E-state index in [1.54, 1.807) is 0 Å². The van der Waals surface area contributed by atoms with E-state index < -0.39 is 41.8 Å². The lowest BCUT2D eigenvalue weighted by Crippen LogP contribution is -2.56. The first-order valence-corrected chi connectivity index (χ1v) is 8.63. The van der Waals surface area contributed by atoms with Crippen LogP contribution in [0.5, 0.6) is 0 Å². The monoisotopic (exact) mass is 380 g/mol. The van der Waals surface area contributed by atoms with Gasteiger partial charge in [-0.3, -0.25) is 14.4 Å². The second kappa shape index (κ2) is 9.12. The van der Waals surface area contributed by atoms with Crippen molar-refractivity contribution in [2.75, 3.05) is 13.1 Å². The Labute approximate surface area is 155 Å². The fourth-order valence-electron chi connectivity index (χ4n) is 2.97. The van der Waals surface area contributed by atoms with Crippen LogP contribution in [0.3, 0.4) is 0 Å². The summed E-state index contributed by atoms with van der Waals surface area (Å²) in [5, 5.41) is 14.3. The highest BCUT2D eigenvalue weighted by Gasteiger charge is 2.38. The van der Waals surface area contributed by atoms with E-state index in [2.05, 4.69) is 20.6 Å². The number of carboxylic acid groups (broad SMARTS) is 1. The van der Waals surface area contributed by atoms with Crippen LogP contribution in [0, 0.1) is 0 Å². The van der Waals surface area contributed by atoms with Gasteiger partial charge in [-0.25, -0.2) is 9.78 Å². The zero-order chi connectivity index (χ0) is 20.0. The zero-order valence-corrected chi connectivity index (χ0v) is 15.0. The maximum atomic E-state index is 12.9. The van der Waals surface area contributed by atoms with Gasteiger partial charge in [0.1, 0.15) is 18.1 Å². The molecule has 1 fully saturated rings. The smallest absolute Gasteiger partial charge is 0.326 e. The van der Waals surface area contributed by atoms with Gasteiger partial charge in [0.2, 0.25) is 17.7 Å². The Morgan fingerprint density at radius 2 is 2.15 bits per heavy atom. The first-order valence-electron chi connectivity index (χ1n) is 8.63. The number of likely N-dealkylation sites (tertiary alicyclic amines) is 1. The molecular formula is C16H24N6O5. The van der Waals surface area contributed by atoms with Gasteiger partial charge in [-0.2, -0.15) is 0 Å². The molecule has 11 nitrogen and oxygen atoms in total. The summed E-state index contributed by atoms with van der Waals surface area (Å²) >= 11 is 0. The first-order chi connectivity index (χ1) is 12.8. The van der Waals surface area contributed by atoms with Gasteiger partial charge in [-0.15, -0.1) is 0 Å². The third-order valence-electron chi connectivity index (χ3n) is 4.37. The van der Waals surface area contributed by atoms with Crippen molar-refractivity contribution in [1.82, 2.24) is 25.5 Å². The molecule has 148 valence electrons. The van der Waals surface area contributed by atoms with E-state index in [0.29, 0.717) is 25.1 Å². The van der Waals surface area contributed by atoms with Gasteiger partial charge in [0, 0.05) is 24.9 Å². The fraction of sp³-hybridized carbons (Fsp3) is 0.562.